The number of benzene rings is 2. The van der Waals surface area contributed by atoms with E-state index in [2.05, 4.69) is 11.8 Å². The van der Waals surface area contributed by atoms with Crippen molar-refractivity contribution in [1.82, 2.24) is 4.31 Å². The van der Waals surface area contributed by atoms with Crippen molar-refractivity contribution in [1.29, 1.82) is 0 Å². The Morgan fingerprint density at radius 2 is 1.91 bits per heavy atom. The molecule has 7 nitrogen and oxygen atoms in total. The van der Waals surface area contributed by atoms with Crippen LogP contribution in [-0.2, 0) is 4.79 Å². The van der Waals surface area contributed by atoms with E-state index in [0.29, 0.717) is 30.0 Å². The molecule has 0 amide bonds. The Morgan fingerprint density at radius 3 is 2.53 bits per heavy atom. The molecule has 34 heavy (non-hydrogen) atoms. The standard InChI is InChI=1S/C25H34N2O5S2/c1-4-5-9-19-16-27(18-10-7-6-8-11-18)21-14-23(33-3)22(15-24(21)34(30,31)26(19)2)32-20-12-17(13-20)25(28)29/h6-8,10-11,14-15,17,19-20,30-31H,4-5,9,12-13,16H2,1-3H3,(H,28,29). The molecule has 1 heterocycles. The molecule has 0 aromatic heterocycles. The molecule has 0 saturated heterocycles. The predicted octanol–water partition coefficient (Wildman–Crippen LogP) is 6.32. The fourth-order valence-corrected chi connectivity index (χ4v) is 6.76. The average molecular weight is 507 g/mol. The van der Waals surface area contributed by atoms with E-state index < -0.39 is 16.7 Å². The summed E-state index contributed by atoms with van der Waals surface area (Å²) in [6.07, 6.45) is 5.61. The summed E-state index contributed by atoms with van der Waals surface area (Å²) in [5.41, 5.74) is 1.77. The number of aliphatic carboxylic acids is 1. The van der Waals surface area contributed by atoms with Crippen molar-refractivity contribution in [2.45, 2.75) is 61.0 Å². The molecular weight excluding hydrogens is 472 g/mol. The molecule has 1 saturated carbocycles. The molecule has 2 aliphatic rings. The smallest absolute Gasteiger partial charge is 0.306 e. The van der Waals surface area contributed by atoms with E-state index in [1.165, 1.54) is 11.8 Å². The number of hydrogen-bond donors (Lipinski definition) is 3. The van der Waals surface area contributed by atoms with Crippen molar-refractivity contribution >= 4 is 39.9 Å². The van der Waals surface area contributed by atoms with Crippen molar-refractivity contribution < 1.29 is 23.7 Å². The quantitative estimate of drug-likeness (QED) is 0.358. The van der Waals surface area contributed by atoms with Crippen molar-refractivity contribution in [2.24, 2.45) is 5.92 Å². The highest BCUT2D eigenvalue weighted by molar-refractivity contribution is 8.22. The molecule has 2 aromatic rings. The highest BCUT2D eigenvalue weighted by Gasteiger charge is 2.40. The molecular formula is C25H34N2O5S2. The van der Waals surface area contributed by atoms with Crippen LogP contribution in [0.1, 0.15) is 39.0 Å². The minimum absolute atomic E-state index is 0.0392. The Hall–Kier alpha value is -1.91. The number of rotatable bonds is 8. The molecule has 186 valence electrons. The van der Waals surface area contributed by atoms with Crippen LogP contribution in [0.25, 0.3) is 0 Å². The summed E-state index contributed by atoms with van der Waals surface area (Å²) >= 11 is 1.54. The normalized spacial score (nSPS) is 25.1. The monoisotopic (exact) mass is 506 g/mol. The summed E-state index contributed by atoms with van der Waals surface area (Å²) in [4.78, 5) is 14.7. The first-order valence-electron chi connectivity index (χ1n) is 11.7. The lowest BCUT2D eigenvalue weighted by atomic mass is 9.82. The van der Waals surface area contributed by atoms with Crippen molar-refractivity contribution in [3.63, 3.8) is 0 Å². The summed E-state index contributed by atoms with van der Waals surface area (Å²) in [6, 6.07) is 13.8. The Balaban J connectivity index is 1.77. The summed E-state index contributed by atoms with van der Waals surface area (Å²) < 4.78 is 31.0. The number of fused-ring (bicyclic) bond motifs is 1. The molecule has 1 fully saturated rings. The van der Waals surface area contributed by atoms with Gasteiger partial charge < -0.3 is 14.7 Å². The van der Waals surface area contributed by atoms with Gasteiger partial charge in [-0.15, -0.1) is 22.5 Å². The average Bonchev–Trinajstić information content (AvgIpc) is 2.87. The molecule has 0 spiro atoms. The zero-order chi connectivity index (χ0) is 24.5. The number of nitrogens with zero attached hydrogens (tertiary/aromatic N) is 2. The van der Waals surface area contributed by atoms with Crippen LogP contribution in [0, 0.1) is 5.92 Å². The Kier molecular flexibility index (Phi) is 7.69. The number of likely N-dealkylation sites (N-methyl/N-ethyl adjacent to an activating group) is 1. The summed E-state index contributed by atoms with van der Waals surface area (Å²) in [5.74, 6) is -0.587. The molecule has 0 radical (unpaired) electrons. The number of carboxylic acids is 1. The Morgan fingerprint density at radius 1 is 1.21 bits per heavy atom. The maximum absolute atomic E-state index is 11.5. The number of para-hydroxylation sites is 1. The topological polar surface area (TPSA) is 93.5 Å². The molecule has 1 atom stereocenters. The van der Waals surface area contributed by atoms with E-state index in [-0.39, 0.29) is 18.1 Å². The van der Waals surface area contributed by atoms with Gasteiger partial charge in [0.1, 0.15) is 16.7 Å². The Bertz CT molecular complexity index is 1010. The van der Waals surface area contributed by atoms with E-state index in [1.807, 2.05) is 42.7 Å². The molecule has 0 bridgehead atoms. The summed E-state index contributed by atoms with van der Waals surface area (Å²) in [7, 11) is -1.47. The molecule has 2 aromatic carbocycles. The van der Waals surface area contributed by atoms with E-state index in [4.69, 9.17) is 4.74 Å². The number of carboxylic acid groups (broad SMARTS) is 1. The van der Waals surface area contributed by atoms with Crippen molar-refractivity contribution in [3.8, 4) is 5.75 Å². The van der Waals surface area contributed by atoms with Crippen molar-refractivity contribution in [3.05, 3.63) is 42.5 Å². The first-order valence-corrected chi connectivity index (χ1v) is 14.4. The van der Waals surface area contributed by atoms with Crippen LogP contribution in [0.4, 0.5) is 11.4 Å². The van der Waals surface area contributed by atoms with Gasteiger partial charge in [-0.3, -0.25) is 13.9 Å². The van der Waals surface area contributed by atoms with Gasteiger partial charge in [0, 0.05) is 31.4 Å². The number of thioether (sulfide) groups is 1. The summed E-state index contributed by atoms with van der Waals surface area (Å²) in [6.45, 7) is 2.78. The fourth-order valence-electron chi connectivity index (χ4n) is 4.61. The van der Waals surface area contributed by atoms with Gasteiger partial charge in [0.2, 0.25) is 0 Å². The van der Waals surface area contributed by atoms with Crippen LogP contribution in [0.15, 0.2) is 52.3 Å². The van der Waals surface area contributed by atoms with E-state index in [1.54, 1.807) is 17.4 Å². The van der Waals surface area contributed by atoms with Crippen LogP contribution in [0.3, 0.4) is 0 Å². The highest BCUT2D eigenvalue weighted by Crippen LogP contribution is 2.60. The lowest BCUT2D eigenvalue weighted by molar-refractivity contribution is -0.148. The first kappa shape index (κ1) is 25.2. The minimum atomic E-state index is -3.27. The predicted molar refractivity (Wildman–Crippen MR) is 139 cm³/mol. The number of ether oxygens (including phenoxy) is 1. The first-order chi connectivity index (χ1) is 16.3. The lowest BCUT2D eigenvalue weighted by Crippen LogP contribution is -2.39. The van der Waals surface area contributed by atoms with Gasteiger partial charge >= 0.3 is 5.97 Å². The minimum Gasteiger partial charge on any atom is -0.489 e. The maximum atomic E-state index is 11.5. The van der Waals surface area contributed by atoms with Gasteiger partial charge in [-0.1, -0.05) is 38.0 Å². The third-order valence-electron chi connectivity index (χ3n) is 6.84. The van der Waals surface area contributed by atoms with Gasteiger partial charge in [-0.25, -0.2) is 4.31 Å². The number of unbranched alkanes of at least 4 members (excludes halogenated alkanes) is 1. The van der Waals surface area contributed by atoms with Gasteiger partial charge in [0.25, 0.3) is 0 Å². The number of carbonyl (C=O) groups is 1. The fraction of sp³-hybridized carbons (Fsp3) is 0.480. The van der Waals surface area contributed by atoms with Gasteiger partial charge in [-0.2, -0.15) is 0 Å². The molecule has 1 aliphatic carbocycles. The van der Waals surface area contributed by atoms with Crippen LogP contribution < -0.4 is 9.64 Å². The van der Waals surface area contributed by atoms with Crippen molar-refractivity contribution in [2.75, 3.05) is 24.7 Å². The number of anilines is 2. The van der Waals surface area contributed by atoms with Crippen LogP contribution >= 0.6 is 22.5 Å². The molecule has 1 aliphatic heterocycles. The number of hydrogen-bond acceptors (Lipinski definition) is 7. The third-order valence-corrected chi connectivity index (χ3v) is 9.61. The van der Waals surface area contributed by atoms with Gasteiger partial charge in [-0.05, 0) is 43.7 Å². The molecule has 4 rings (SSSR count). The van der Waals surface area contributed by atoms with E-state index in [9.17, 15) is 19.0 Å². The molecule has 9 heteroatoms. The van der Waals surface area contributed by atoms with Crippen LogP contribution in [0.2, 0.25) is 0 Å². The van der Waals surface area contributed by atoms with E-state index in [0.717, 1.165) is 35.5 Å². The SMILES string of the molecule is CCCCC1CN(c2ccccc2)c2cc(SC)c(OC3CC(C(=O)O)C3)cc2S(O)(O)N1C. The lowest BCUT2D eigenvalue weighted by Gasteiger charge is -2.43. The van der Waals surface area contributed by atoms with E-state index >= 15 is 0 Å². The second-order valence-corrected chi connectivity index (χ2v) is 11.9. The van der Waals surface area contributed by atoms with Crippen LogP contribution in [-0.4, -0.2) is 56.5 Å². The molecule has 1 unspecified atom stereocenters. The zero-order valence-corrected chi connectivity index (χ0v) is 21.5. The third kappa shape index (κ3) is 4.90. The zero-order valence-electron chi connectivity index (χ0n) is 19.9. The second-order valence-electron chi connectivity index (χ2n) is 9.02. The molecule has 3 N–H and O–H groups in total. The summed E-state index contributed by atoms with van der Waals surface area (Å²) in [5, 5.41) is 9.20. The maximum Gasteiger partial charge on any atom is 0.306 e. The van der Waals surface area contributed by atoms with Gasteiger partial charge in [0.15, 0.2) is 0 Å². The highest BCUT2D eigenvalue weighted by atomic mass is 32.3. The largest absolute Gasteiger partial charge is 0.489 e. The van der Waals surface area contributed by atoms with Crippen LogP contribution in [0.5, 0.6) is 5.75 Å². The van der Waals surface area contributed by atoms with Gasteiger partial charge in [0.05, 0.1) is 16.5 Å². The second kappa shape index (κ2) is 10.4. The Labute approximate surface area is 207 Å².